The number of hydrogen-bond donors (Lipinski definition) is 0. The number of carbonyl (C=O) groups excluding carboxylic acids is 2. The molecule has 8 atom stereocenters. The fourth-order valence-corrected chi connectivity index (χ4v) is 9.73. The Balaban J connectivity index is 1.46. The van der Waals surface area contributed by atoms with E-state index in [1.165, 1.54) is 42.7 Å². The van der Waals surface area contributed by atoms with Crippen LogP contribution in [0.15, 0.2) is 23.1 Å². The predicted molar refractivity (Wildman–Crippen MR) is 106 cm³/mol. The zero-order valence-electron chi connectivity index (χ0n) is 16.0. The van der Waals surface area contributed by atoms with Crippen molar-refractivity contribution in [3.63, 3.8) is 0 Å². The van der Waals surface area contributed by atoms with Gasteiger partial charge in [-0.3, -0.25) is 0 Å². The van der Waals surface area contributed by atoms with Gasteiger partial charge in [-0.2, -0.15) is 0 Å². The lowest BCUT2D eigenvalue weighted by atomic mass is 9.35. The molecule has 0 aromatic carbocycles. The van der Waals surface area contributed by atoms with Crippen LogP contribution in [0.3, 0.4) is 0 Å². The summed E-state index contributed by atoms with van der Waals surface area (Å²) in [4.78, 5) is 23.7. The topological polar surface area (TPSA) is 43.4 Å². The first-order chi connectivity index (χ1) is 13.6. The molecule has 4 heteroatoms. The maximum atomic E-state index is 12.1. The molecule has 2 heterocycles. The Morgan fingerprint density at radius 3 is 2.36 bits per heavy atom. The van der Waals surface area contributed by atoms with Gasteiger partial charge in [-0.25, -0.2) is 9.59 Å². The van der Waals surface area contributed by atoms with Gasteiger partial charge in [0.25, 0.3) is 0 Å². The van der Waals surface area contributed by atoms with Crippen LogP contribution in [0.2, 0.25) is 0 Å². The third kappa shape index (κ3) is 1.86. The van der Waals surface area contributed by atoms with Crippen molar-refractivity contribution in [1.29, 1.82) is 0 Å². The van der Waals surface area contributed by atoms with Gasteiger partial charge in [0, 0.05) is 10.6 Å². The molecule has 7 aliphatic carbocycles. The molecule has 7 saturated carbocycles. The zero-order valence-corrected chi connectivity index (χ0v) is 16.8. The molecule has 1 aromatic heterocycles. The number of rotatable bonds is 1. The summed E-state index contributed by atoms with van der Waals surface area (Å²) in [6.07, 6.45) is 8.61. The van der Waals surface area contributed by atoms with Crippen LogP contribution >= 0.6 is 11.3 Å². The van der Waals surface area contributed by atoms with Crippen molar-refractivity contribution < 1.29 is 14.3 Å². The van der Waals surface area contributed by atoms with Gasteiger partial charge in [-0.05, 0) is 114 Å². The summed E-state index contributed by atoms with van der Waals surface area (Å²) >= 11 is 1.85. The van der Waals surface area contributed by atoms with Crippen LogP contribution in [0.5, 0.6) is 0 Å². The van der Waals surface area contributed by atoms with E-state index in [4.69, 9.17) is 4.74 Å². The first-order valence-corrected chi connectivity index (χ1v) is 11.7. The van der Waals surface area contributed by atoms with E-state index < -0.39 is 11.9 Å². The number of hydrogen-bond acceptors (Lipinski definition) is 4. The van der Waals surface area contributed by atoms with Crippen LogP contribution in [0.1, 0.15) is 39.0 Å². The Morgan fingerprint density at radius 2 is 1.68 bits per heavy atom. The molecular formula is C24H24O3S. The molecule has 0 saturated heterocycles. The van der Waals surface area contributed by atoms with E-state index in [0.29, 0.717) is 5.57 Å². The van der Waals surface area contributed by atoms with Crippen LogP contribution in [0.4, 0.5) is 0 Å². The minimum Gasteiger partial charge on any atom is -0.386 e. The molecular weight excluding hydrogens is 368 g/mol. The fourth-order valence-electron chi connectivity index (χ4n) is 8.60. The van der Waals surface area contributed by atoms with E-state index in [-0.39, 0.29) is 0 Å². The summed E-state index contributed by atoms with van der Waals surface area (Å²) in [6.45, 7) is 1.98. The maximum absolute atomic E-state index is 12.1. The molecule has 0 radical (unpaired) electrons. The van der Waals surface area contributed by atoms with Crippen molar-refractivity contribution in [2.75, 3.05) is 0 Å². The van der Waals surface area contributed by atoms with Crippen LogP contribution in [0.25, 0.3) is 11.1 Å². The monoisotopic (exact) mass is 392 g/mol. The molecule has 0 amide bonds. The smallest absolute Gasteiger partial charge is 0.346 e. The molecule has 8 aliphatic rings. The van der Waals surface area contributed by atoms with Crippen LogP contribution in [-0.4, -0.2) is 11.9 Å². The van der Waals surface area contributed by atoms with Crippen LogP contribution in [-0.2, 0) is 14.3 Å². The normalized spacial score (nSPS) is 47.7. The van der Waals surface area contributed by atoms with E-state index in [1.54, 1.807) is 5.57 Å². The van der Waals surface area contributed by atoms with Gasteiger partial charge in [0.15, 0.2) is 0 Å². The van der Waals surface area contributed by atoms with E-state index in [1.807, 2.05) is 18.3 Å². The highest BCUT2D eigenvalue weighted by Crippen LogP contribution is 2.72. The van der Waals surface area contributed by atoms with Crippen LogP contribution < -0.4 is 9.75 Å². The third-order valence-corrected chi connectivity index (χ3v) is 10.2. The van der Waals surface area contributed by atoms with Gasteiger partial charge in [0.1, 0.15) is 0 Å². The van der Waals surface area contributed by atoms with Gasteiger partial charge in [-0.15, -0.1) is 11.3 Å². The van der Waals surface area contributed by atoms with Crippen LogP contribution in [0, 0.1) is 47.3 Å². The van der Waals surface area contributed by atoms with E-state index in [0.717, 1.165) is 58.1 Å². The Labute approximate surface area is 168 Å². The minimum atomic E-state index is -0.535. The molecule has 9 rings (SSSR count). The van der Waals surface area contributed by atoms with Crippen molar-refractivity contribution in [2.24, 2.45) is 47.3 Å². The second-order valence-corrected chi connectivity index (χ2v) is 11.0. The highest BCUT2D eigenvalue weighted by Gasteiger charge is 2.65. The fraction of sp³-hybridized carbons (Fsp3) is 0.583. The van der Waals surface area contributed by atoms with Crippen molar-refractivity contribution in [3.8, 4) is 0 Å². The van der Waals surface area contributed by atoms with E-state index in [9.17, 15) is 9.59 Å². The van der Waals surface area contributed by atoms with Crippen molar-refractivity contribution in [2.45, 2.75) is 39.0 Å². The summed E-state index contributed by atoms with van der Waals surface area (Å²) in [7, 11) is 0. The summed E-state index contributed by atoms with van der Waals surface area (Å²) in [5.41, 5.74) is 3.07. The van der Waals surface area contributed by atoms with Crippen molar-refractivity contribution in [1.82, 2.24) is 0 Å². The third-order valence-electron chi connectivity index (χ3n) is 9.26. The zero-order chi connectivity index (χ0) is 18.7. The molecule has 7 fully saturated rings. The summed E-state index contributed by atoms with van der Waals surface area (Å²) in [5, 5.41) is 3.33. The Bertz CT molecular complexity index is 1070. The van der Waals surface area contributed by atoms with Crippen molar-refractivity contribution >= 4 is 34.4 Å². The quantitative estimate of drug-likeness (QED) is 0.545. The highest BCUT2D eigenvalue weighted by atomic mass is 32.1. The largest absolute Gasteiger partial charge is 0.386 e. The van der Waals surface area contributed by atoms with E-state index in [2.05, 4.69) is 11.4 Å². The molecule has 1 aromatic rings. The number of carbonyl (C=O) groups is 2. The second-order valence-electron chi connectivity index (χ2n) is 10.1. The lowest BCUT2D eigenvalue weighted by Crippen LogP contribution is -2.63. The predicted octanol–water partition coefficient (Wildman–Crippen LogP) is 3.03. The average Bonchev–Trinajstić information content (AvgIpc) is 3.30. The summed E-state index contributed by atoms with van der Waals surface area (Å²) in [5.74, 6) is 6.35. The number of esters is 2. The standard InChI is InChI=1S/C24H24O3S/c1-10(14-9-20(25)27-24(14)26)13-2-3-28-23(13)21-12-7-16-15-4-11-5-18(16)22(21)19(6-11)17(15)8-12/h2-3,9,11-12,15-19,22H,4-8H2,1H3/b13-10-,23-21-/t11?,12?,15?,16-,17?,18?,19?,22?/m0/s1. The highest BCUT2D eigenvalue weighted by molar-refractivity contribution is 7.07. The van der Waals surface area contributed by atoms with Gasteiger partial charge in [-0.1, -0.05) is 0 Å². The molecule has 0 spiro atoms. The summed E-state index contributed by atoms with van der Waals surface area (Å²) < 4.78 is 6.16. The van der Waals surface area contributed by atoms with Gasteiger partial charge in [0.2, 0.25) is 0 Å². The lowest BCUT2D eigenvalue weighted by molar-refractivity contribution is -0.163. The molecule has 3 nitrogen and oxygen atoms in total. The van der Waals surface area contributed by atoms with E-state index >= 15 is 0 Å². The molecule has 1 aliphatic heterocycles. The number of ether oxygens (including phenoxy) is 1. The maximum Gasteiger partial charge on any atom is 0.346 e. The van der Waals surface area contributed by atoms with Crippen molar-refractivity contribution in [3.05, 3.63) is 32.8 Å². The average molecular weight is 393 g/mol. The number of cyclic esters (lactones) is 2. The molecule has 7 unspecified atom stereocenters. The summed E-state index contributed by atoms with van der Waals surface area (Å²) in [6, 6.07) is 2.15. The first kappa shape index (κ1) is 16.2. The van der Waals surface area contributed by atoms with Gasteiger partial charge >= 0.3 is 11.9 Å². The first-order valence-electron chi connectivity index (χ1n) is 10.9. The Kier molecular flexibility index (Phi) is 3.04. The SMILES string of the molecule is C/C(C1=CC(=O)OC1=O)=c1\ccs\c1=C1\C2CC3C4CC5CC3[C@H](C2)C(C5)C14. The molecule has 8 bridgehead atoms. The Hall–Kier alpha value is -1.68. The lowest BCUT2D eigenvalue weighted by Gasteiger charge is -2.70. The van der Waals surface area contributed by atoms with Gasteiger partial charge in [0.05, 0.1) is 5.57 Å². The minimum absolute atomic E-state index is 0.440. The molecule has 0 N–H and O–H groups in total. The number of thiophene rings is 1. The Morgan fingerprint density at radius 1 is 1.00 bits per heavy atom. The molecule has 144 valence electrons. The molecule has 28 heavy (non-hydrogen) atoms. The van der Waals surface area contributed by atoms with Gasteiger partial charge < -0.3 is 4.74 Å². The second kappa shape index (κ2) is 5.27.